The lowest BCUT2D eigenvalue weighted by Gasteiger charge is -2.27. The van der Waals surface area contributed by atoms with Gasteiger partial charge in [-0.3, -0.25) is 43.6 Å². The van der Waals surface area contributed by atoms with E-state index in [0.29, 0.717) is 41.7 Å². The Morgan fingerprint density at radius 2 is 1.64 bits per heavy atom. The number of thioether (sulfide) groups is 2. The molecule has 2 aliphatic rings. The van der Waals surface area contributed by atoms with E-state index >= 15 is 0 Å². The highest BCUT2D eigenvalue weighted by molar-refractivity contribution is 8.14. The van der Waals surface area contributed by atoms with Gasteiger partial charge in [0.15, 0.2) is 11.2 Å². The maximum Gasteiger partial charge on any atom is 0.333 e. The summed E-state index contributed by atoms with van der Waals surface area (Å²) in [6.07, 6.45) is 6.88. The summed E-state index contributed by atoms with van der Waals surface area (Å²) in [6.45, 7) is 14.5. The number of hydrogen-bond acceptors (Lipinski definition) is 21. The standard InChI is InChI=1S/C29H42N4O5S3.C5H11NO2.C4H9NO5S.C4H6O5.C2H6O2/c1-5-6-7-8-9-13-24(35)39-14-11-10-12-20-15-22(34)30-16-23-31-21(17-40-23)26-33-29(4,18-41-26)28(37)32-25(19(2)3)27(36)38-20;1-3(2)4(6)5(7)8;1-4(5,3(6)7)2-11(8,9)10;5-2(4(8)9)1-3(6)7;1-2-4-3/h10,12,17,19-20,25H,5-9,11,13-16,18H2,1-4H3,(H,30,34)(H,32,37);3-4H,6H2,1-2H3,(H,7,8);2,5H2,1H3,(H,6,7)(H,8,9,10);2,5H,1H2,(H,6,7)(H,8,9);3H,2H2,1H3/b12-10+;;;;. The summed E-state index contributed by atoms with van der Waals surface area (Å²) in [7, 11) is -4.33. The second-order valence-corrected chi connectivity index (χ2v) is 21.8. The van der Waals surface area contributed by atoms with Gasteiger partial charge in [0.1, 0.15) is 50.8 Å². The lowest BCUT2D eigenvalue weighted by atomic mass is 10.0. The zero-order valence-corrected chi connectivity index (χ0v) is 45.6. The first kappa shape index (κ1) is 70.5. The minimum Gasteiger partial charge on any atom is -0.481 e. The van der Waals surface area contributed by atoms with Crippen LogP contribution in [0.5, 0.6) is 0 Å². The number of nitrogens with one attached hydrogen (secondary N) is 2. The zero-order chi connectivity index (χ0) is 56.7. The Morgan fingerprint density at radius 3 is 2.10 bits per heavy atom. The van der Waals surface area contributed by atoms with Crippen molar-refractivity contribution in [1.29, 1.82) is 0 Å². The van der Waals surface area contributed by atoms with Crippen molar-refractivity contribution in [2.45, 2.75) is 155 Å². The number of esters is 1. The van der Waals surface area contributed by atoms with Gasteiger partial charge in [-0.1, -0.05) is 78.1 Å². The molecule has 25 nitrogen and oxygen atoms in total. The third-order valence-corrected chi connectivity index (χ3v) is 13.6. The van der Waals surface area contributed by atoms with Gasteiger partial charge < -0.3 is 52.4 Å². The Labute approximate surface area is 437 Å². The quantitative estimate of drug-likeness (QED) is 0.0223. The SMILES string of the molecule is CC(C)C(N)C(=O)O.CC(N)(CS(=O)(=O)O)C(=O)O.CCCCCCCC(=O)SCC/C=C/C1CC(=O)NCc2nc(cs2)C2=NC(C)(CS2)C(=O)NC(C(C)C)C(=O)O1.CCOO.O=C(O)CC(O)C(=O)O. The number of ether oxygens (including phenoxy) is 1. The zero-order valence-electron chi connectivity index (χ0n) is 42.3. The number of carboxylic acid groups (broad SMARTS) is 4. The van der Waals surface area contributed by atoms with E-state index in [1.165, 1.54) is 54.1 Å². The molecule has 4 bridgehead atoms. The van der Waals surface area contributed by atoms with Gasteiger partial charge in [0.2, 0.25) is 11.8 Å². The number of aromatic nitrogens is 1. The third-order valence-electron chi connectivity index (χ3n) is 9.54. The minimum absolute atomic E-state index is 0.0208. The Balaban J connectivity index is 0. The number of carboxylic acids is 4. The van der Waals surface area contributed by atoms with E-state index < -0.39 is 87.5 Å². The van der Waals surface area contributed by atoms with Gasteiger partial charge in [0.25, 0.3) is 10.1 Å². The Hall–Kier alpha value is -4.59. The summed E-state index contributed by atoms with van der Waals surface area (Å²) in [5, 5.41) is 57.2. The molecule has 0 aromatic carbocycles. The molecule has 3 rings (SSSR count). The maximum absolute atomic E-state index is 13.3. The van der Waals surface area contributed by atoms with Gasteiger partial charge in [-0.25, -0.2) is 19.5 Å². The number of carbonyl (C=O) groups excluding carboxylic acids is 4. The number of nitrogens with two attached hydrogens (primary N) is 2. The van der Waals surface area contributed by atoms with Crippen LogP contribution in [0.15, 0.2) is 22.5 Å². The van der Waals surface area contributed by atoms with E-state index in [2.05, 4.69) is 32.4 Å². The van der Waals surface area contributed by atoms with Gasteiger partial charge in [0, 0.05) is 23.3 Å². The van der Waals surface area contributed by atoms with Crippen LogP contribution in [0.1, 0.15) is 124 Å². The molecule has 6 atom stereocenters. The van der Waals surface area contributed by atoms with E-state index in [9.17, 15) is 46.8 Å². The number of aliphatic imine (C=N–C) groups is 1. The van der Waals surface area contributed by atoms with E-state index in [1.807, 2.05) is 25.3 Å². The molecule has 0 saturated heterocycles. The smallest absolute Gasteiger partial charge is 0.333 e. The van der Waals surface area contributed by atoms with Gasteiger partial charge in [-0.15, -0.1) is 23.1 Å². The number of aliphatic carboxylic acids is 4. The van der Waals surface area contributed by atoms with Crippen LogP contribution in [-0.2, 0) is 64.6 Å². The molecule has 0 saturated carbocycles. The summed E-state index contributed by atoms with van der Waals surface area (Å²) in [6, 6.07) is -1.61. The third kappa shape index (κ3) is 32.4. The van der Waals surface area contributed by atoms with Crippen molar-refractivity contribution in [2.75, 3.05) is 23.9 Å². The monoisotopic (exact) mass is 1120 g/mol. The molecule has 1 aromatic heterocycles. The Morgan fingerprint density at radius 1 is 1.04 bits per heavy atom. The van der Waals surface area contributed by atoms with Crippen LogP contribution in [-0.4, -0.2) is 160 Å². The summed E-state index contributed by atoms with van der Waals surface area (Å²) < 4.78 is 34.3. The molecule has 73 heavy (non-hydrogen) atoms. The van der Waals surface area contributed by atoms with Gasteiger partial charge in [-0.05, 0) is 51.5 Å². The average Bonchev–Trinajstić information content (AvgIpc) is 3.93. The normalized spacial score (nSPS) is 19.5. The predicted molar refractivity (Wildman–Crippen MR) is 274 cm³/mol. The van der Waals surface area contributed by atoms with Crippen molar-refractivity contribution in [2.24, 2.45) is 28.3 Å². The average molecular weight is 1120 g/mol. The molecule has 2 amide bonds. The predicted octanol–water partition coefficient (Wildman–Crippen LogP) is 3.17. The molecule has 0 aliphatic carbocycles. The van der Waals surface area contributed by atoms with E-state index in [0.717, 1.165) is 24.8 Å². The molecule has 0 spiro atoms. The first-order chi connectivity index (χ1) is 33.8. The number of unbranched alkanes of at least 4 members (excludes halogenated alkanes) is 4. The molecule has 2 aliphatic heterocycles. The lowest BCUT2D eigenvalue weighted by Crippen LogP contribution is -2.53. The summed E-state index contributed by atoms with van der Waals surface area (Å²) in [4.78, 5) is 104. The van der Waals surface area contributed by atoms with Crippen LogP contribution in [0.3, 0.4) is 0 Å². The highest BCUT2D eigenvalue weighted by Crippen LogP contribution is 2.32. The van der Waals surface area contributed by atoms with Crippen LogP contribution in [0, 0.1) is 11.8 Å². The number of fused-ring (bicyclic) bond motifs is 4. The van der Waals surface area contributed by atoms with Gasteiger partial charge >= 0.3 is 29.8 Å². The van der Waals surface area contributed by atoms with Gasteiger partial charge in [0.05, 0.1) is 26.0 Å². The minimum atomic E-state index is -4.33. The molecule has 1 aromatic rings. The fourth-order valence-corrected chi connectivity index (χ4v) is 8.82. The summed E-state index contributed by atoms with van der Waals surface area (Å²) in [5.41, 5.74) is 7.88. The number of cyclic esters (lactones) is 1. The number of carbonyl (C=O) groups is 8. The second kappa shape index (κ2) is 36.4. The molecule has 0 fully saturated rings. The topological polar surface area (TPSA) is 432 Å². The van der Waals surface area contributed by atoms with E-state index in [1.54, 1.807) is 33.8 Å². The van der Waals surface area contributed by atoms with Crippen LogP contribution >= 0.6 is 34.9 Å². The largest absolute Gasteiger partial charge is 0.481 e. The fraction of sp³-hybridized carbons (Fsp3) is 0.682. The number of allylic oxidation sites excluding steroid dienone is 1. The fourth-order valence-electron chi connectivity index (χ4n) is 5.24. The van der Waals surface area contributed by atoms with Crippen molar-refractivity contribution < 1.29 is 91.7 Å². The maximum atomic E-state index is 13.3. The van der Waals surface area contributed by atoms with E-state index in [-0.39, 0.29) is 41.7 Å². The summed E-state index contributed by atoms with van der Waals surface area (Å²) >= 11 is 4.18. The number of thiazole rings is 1. The van der Waals surface area contributed by atoms with Gasteiger partial charge in [-0.2, -0.15) is 8.42 Å². The molecule has 6 unspecified atom stereocenters. The second-order valence-electron chi connectivity index (χ2n) is 17.3. The first-order valence-electron chi connectivity index (χ1n) is 22.9. The van der Waals surface area contributed by atoms with Crippen LogP contribution in [0.25, 0.3) is 0 Å². The molecule has 3 heterocycles. The first-order valence-corrected chi connectivity index (χ1v) is 27.4. The summed E-state index contributed by atoms with van der Waals surface area (Å²) in [5.74, 6) is -6.65. The van der Waals surface area contributed by atoms with Crippen LogP contribution < -0.4 is 22.1 Å². The highest BCUT2D eigenvalue weighted by atomic mass is 32.2. The molecule has 13 N–H and O–H groups in total. The van der Waals surface area contributed by atoms with Crippen molar-refractivity contribution in [1.82, 2.24) is 15.6 Å². The van der Waals surface area contributed by atoms with Crippen molar-refractivity contribution in [3.05, 3.63) is 28.2 Å². The molecule has 418 valence electrons. The van der Waals surface area contributed by atoms with Crippen molar-refractivity contribution >= 4 is 96.8 Å². The Kier molecular flexibility index (Phi) is 35.1. The van der Waals surface area contributed by atoms with E-state index in [4.69, 9.17) is 51.5 Å². The van der Waals surface area contributed by atoms with Crippen LogP contribution in [0.4, 0.5) is 0 Å². The number of aliphatic hydroxyl groups excluding tert-OH is 1. The molecule has 29 heteroatoms. The number of rotatable bonds is 20. The van der Waals surface area contributed by atoms with Crippen molar-refractivity contribution in [3.8, 4) is 0 Å². The van der Waals surface area contributed by atoms with Crippen molar-refractivity contribution in [3.63, 3.8) is 0 Å². The molecular weight excluding hydrogens is 1040 g/mol. The molecular formula is C44H74N6O19S4. The Bertz CT molecular complexity index is 2100. The molecule has 0 radical (unpaired) electrons. The lowest BCUT2D eigenvalue weighted by molar-refractivity contribution is -0.237. The number of hydrogen-bond donors (Lipinski definition) is 11. The highest BCUT2D eigenvalue weighted by Gasteiger charge is 2.42. The van der Waals surface area contributed by atoms with Crippen LogP contribution in [0.2, 0.25) is 0 Å². The number of aliphatic hydroxyl groups is 1. The number of amides is 2. The number of nitrogens with zero attached hydrogens (tertiary/aromatic N) is 2.